The van der Waals surface area contributed by atoms with E-state index in [2.05, 4.69) is 30.4 Å². The maximum Gasteiger partial charge on any atom is 0.291 e. The van der Waals surface area contributed by atoms with Crippen LogP contribution in [0.1, 0.15) is 65.2 Å². The van der Waals surface area contributed by atoms with Crippen LogP contribution >= 0.6 is 0 Å². The Morgan fingerprint density at radius 1 is 1.05 bits per heavy atom. The fraction of sp³-hybridized carbons (Fsp3) is 0.333. The van der Waals surface area contributed by atoms with Crippen LogP contribution in [0.25, 0.3) is 28.2 Å². The first-order valence-electron chi connectivity index (χ1n) is 13.2. The van der Waals surface area contributed by atoms with Gasteiger partial charge < -0.3 is 10.6 Å². The molecule has 3 atom stereocenters. The number of Topliss-reactive ketones (excluding diaryl/α,β-unsaturated/α-hetero) is 1. The summed E-state index contributed by atoms with van der Waals surface area (Å²) in [6, 6.07) is 5.82. The van der Waals surface area contributed by atoms with Gasteiger partial charge in [0.2, 0.25) is 5.82 Å². The Morgan fingerprint density at radius 3 is 2.48 bits per heavy atom. The number of aryl methyl sites for hydroxylation is 1. The molecule has 0 aliphatic carbocycles. The Hall–Kier alpha value is -4.94. The molecule has 0 spiro atoms. The van der Waals surface area contributed by atoms with E-state index in [-0.39, 0.29) is 41.3 Å². The van der Waals surface area contributed by atoms with Gasteiger partial charge in [-0.2, -0.15) is 19.8 Å². The first-order chi connectivity index (χ1) is 19.4. The molecule has 5 aromatic heterocycles. The maximum absolute atomic E-state index is 13.1. The van der Waals surface area contributed by atoms with E-state index in [1.807, 2.05) is 36.3 Å². The van der Waals surface area contributed by atoms with Gasteiger partial charge in [0.05, 0.1) is 23.1 Å². The number of rotatable bonds is 5. The van der Waals surface area contributed by atoms with Crippen molar-refractivity contribution in [2.24, 2.45) is 7.05 Å². The molecule has 2 unspecified atom stereocenters. The van der Waals surface area contributed by atoms with Crippen molar-refractivity contribution >= 4 is 23.2 Å². The molecule has 7 heterocycles. The van der Waals surface area contributed by atoms with Crippen LogP contribution in [0.5, 0.6) is 0 Å². The summed E-state index contributed by atoms with van der Waals surface area (Å²) < 4.78 is 3.26. The van der Waals surface area contributed by atoms with Crippen molar-refractivity contribution in [2.45, 2.75) is 50.6 Å². The lowest BCUT2D eigenvalue weighted by atomic mass is 9.85. The zero-order valence-corrected chi connectivity index (χ0v) is 22.0. The van der Waals surface area contributed by atoms with Gasteiger partial charge in [-0.15, -0.1) is 0 Å². The second kappa shape index (κ2) is 9.07. The van der Waals surface area contributed by atoms with Gasteiger partial charge in [0.15, 0.2) is 11.4 Å². The summed E-state index contributed by atoms with van der Waals surface area (Å²) in [6.45, 7) is 1.50. The van der Waals surface area contributed by atoms with Gasteiger partial charge in [-0.25, -0.2) is 9.97 Å². The lowest BCUT2D eigenvalue weighted by Crippen LogP contribution is -2.46. The number of fused-ring (bicyclic) bond motifs is 3. The highest BCUT2D eigenvalue weighted by molar-refractivity contribution is 6.00. The van der Waals surface area contributed by atoms with Crippen molar-refractivity contribution in [3.8, 4) is 22.5 Å². The lowest BCUT2D eigenvalue weighted by Gasteiger charge is -2.38. The van der Waals surface area contributed by atoms with E-state index in [0.29, 0.717) is 29.7 Å². The Labute approximate surface area is 228 Å². The van der Waals surface area contributed by atoms with E-state index in [1.165, 1.54) is 17.8 Å². The number of nitrogen functional groups attached to an aromatic ring is 1. The number of H-pyrrole nitrogens is 1. The SMILES string of the molecule is CC(=O)c1c(C2CC3CC[C@@H](C2)N3C(=O)c2ncn[nH]2)nc2c(-c3ccc(-c4ccn(C)n4)nc3)cnn2c1N. The molecule has 2 fully saturated rings. The quantitative estimate of drug-likeness (QED) is 0.320. The second-order valence-corrected chi connectivity index (χ2v) is 10.5. The first kappa shape index (κ1) is 24.1. The van der Waals surface area contributed by atoms with Gasteiger partial charge in [-0.1, -0.05) is 6.07 Å². The molecule has 0 saturated carbocycles. The van der Waals surface area contributed by atoms with Crippen LogP contribution in [-0.2, 0) is 7.05 Å². The molecular formula is C27H27N11O2. The molecule has 2 aliphatic rings. The fourth-order valence-corrected chi connectivity index (χ4v) is 6.31. The van der Waals surface area contributed by atoms with Crippen molar-refractivity contribution < 1.29 is 9.59 Å². The monoisotopic (exact) mass is 537 g/mol. The number of aromatic nitrogens is 9. The number of anilines is 1. The van der Waals surface area contributed by atoms with E-state index >= 15 is 0 Å². The van der Waals surface area contributed by atoms with Crippen LogP contribution in [0.4, 0.5) is 5.82 Å². The largest absolute Gasteiger partial charge is 0.383 e. The lowest BCUT2D eigenvalue weighted by molar-refractivity contribution is 0.0556. The number of amides is 1. The molecule has 3 N–H and O–H groups in total. The number of piperidine rings is 1. The average molecular weight is 538 g/mol. The minimum Gasteiger partial charge on any atom is -0.383 e. The van der Waals surface area contributed by atoms with Crippen LogP contribution in [0.3, 0.4) is 0 Å². The molecule has 2 saturated heterocycles. The van der Waals surface area contributed by atoms with Crippen molar-refractivity contribution in [2.75, 3.05) is 5.73 Å². The van der Waals surface area contributed by atoms with Crippen molar-refractivity contribution in [1.29, 1.82) is 0 Å². The average Bonchev–Trinajstić information content (AvgIpc) is 3.75. The summed E-state index contributed by atoms with van der Waals surface area (Å²) in [5.41, 5.74) is 11.3. The number of nitrogens with one attached hydrogen (secondary N) is 1. The molecule has 0 radical (unpaired) electrons. The second-order valence-electron chi connectivity index (χ2n) is 10.5. The smallest absolute Gasteiger partial charge is 0.291 e. The predicted molar refractivity (Wildman–Crippen MR) is 144 cm³/mol. The van der Waals surface area contributed by atoms with Crippen molar-refractivity contribution in [3.63, 3.8) is 0 Å². The Balaban J connectivity index is 1.26. The van der Waals surface area contributed by atoms with Crippen LogP contribution in [0.2, 0.25) is 0 Å². The third-order valence-corrected chi connectivity index (χ3v) is 8.09. The van der Waals surface area contributed by atoms with E-state index < -0.39 is 0 Å². The Kier molecular flexibility index (Phi) is 5.47. The number of ketones is 1. The predicted octanol–water partition coefficient (Wildman–Crippen LogP) is 2.65. The van der Waals surface area contributed by atoms with Crippen molar-refractivity contribution in [1.82, 2.24) is 49.4 Å². The van der Waals surface area contributed by atoms with Gasteiger partial charge >= 0.3 is 0 Å². The zero-order chi connectivity index (χ0) is 27.5. The number of carbonyl (C=O) groups is 2. The molecule has 0 aromatic carbocycles. The number of hydrogen-bond acceptors (Lipinski definition) is 9. The summed E-state index contributed by atoms with van der Waals surface area (Å²) in [5.74, 6) is 0.181. The van der Waals surface area contributed by atoms with E-state index in [1.54, 1.807) is 17.1 Å². The first-order valence-corrected chi connectivity index (χ1v) is 13.2. The van der Waals surface area contributed by atoms with Gasteiger partial charge in [0.25, 0.3) is 5.91 Å². The van der Waals surface area contributed by atoms with Crippen LogP contribution < -0.4 is 5.73 Å². The van der Waals surface area contributed by atoms with Gasteiger partial charge in [0, 0.05) is 48.6 Å². The molecule has 202 valence electrons. The van der Waals surface area contributed by atoms with E-state index in [9.17, 15) is 9.59 Å². The molecular weight excluding hydrogens is 510 g/mol. The standard InChI is InChI=1S/C27H27N11O2/c1-14(39)22-23(16-9-17-4-5-18(10-16)37(17)27(40)25-30-13-31-34-25)33-26-19(12-32-38(26)24(22)28)15-3-6-20(29-11-15)21-7-8-36(2)35-21/h3,6-8,11-13,16-18H,4-5,9-10,28H2,1-2H3,(H,30,31,34)/t16?,17-,18?/m0/s1. The highest BCUT2D eigenvalue weighted by Gasteiger charge is 2.45. The van der Waals surface area contributed by atoms with Crippen molar-refractivity contribution in [3.05, 3.63) is 60.2 Å². The van der Waals surface area contributed by atoms with E-state index in [0.717, 1.165) is 35.4 Å². The molecule has 2 aliphatic heterocycles. The summed E-state index contributed by atoms with van der Waals surface area (Å²) >= 11 is 0. The topological polar surface area (TPSA) is 166 Å². The molecule has 7 rings (SSSR count). The Bertz CT molecular complexity index is 1740. The molecule has 2 bridgehead atoms. The zero-order valence-electron chi connectivity index (χ0n) is 22.0. The van der Waals surface area contributed by atoms with E-state index in [4.69, 9.17) is 10.7 Å². The minimum absolute atomic E-state index is 0.0214. The van der Waals surface area contributed by atoms with Crippen LogP contribution in [0.15, 0.2) is 43.1 Å². The molecule has 5 aromatic rings. The summed E-state index contributed by atoms with van der Waals surface area (Å²) in [7, 11) is 1.86. The highest BCUT2D eigenvalue weighted by atomic mass is 16.2. The number of carbonyl (C=O) groups excluding carboxylic acids is 2. The fourth-order valence-electron chi connectivity index (χ4n) is 6.31. The maximum atomic E-state index is 13.1. The molecule has 40 heavy (non-hydrogen) atoms. The summed E-state index contributed by atoms with van der Waals surface area (Å²) in [6.07, 6.45) is 9.83. The minimum atomic E-state index is -0.159. The molecule has 1 amide bonds. The normalized spacial score (nSPS) is 20.4. The molecule has 13 heteroatoms. The number of pyridine rings is 1. The van der Waals surface area contributed by atoms with Gasteiger partial charge in [0.1, 0.15) is 17.8 Å². The third kappa shape index (κ3) is 3.76. The number of aromatic amines is 1. The van der Waals surface area contributed by atoms with Gasteiger partial charge in [-0.05, 0) is 44.7 Å². The van der Waals surface area contributed by atoms with Gasteiger partial charge in [-0.3, -0.25) is 24.4 Å². The number of nitrogens with zero attached hydrogens (tertiary/aromatic N) is 9. The number of nitrogens with two attached hydrogens (primary N) is 1. The third-order valence-electron chi connectivity index (χ3n) is 8.09. The summed E-state index contributed by atoms with van der Waals surface area (Å²) in [4.78, 5) is 41.6. The summed E-state index contributed by atoms with van der Waals surface area (Å²) in [5, 5.41) is 15.4. The number of hydrogen-bond donors (Lipinski definition) is 2. The Morgan fingerprint density at radius 2 is 1.85 bits per heavy atom. The molecule has 13 nitrogen and oxygen atoms in total. The van der Waals surface area contributed by atoms with Crippen LogP contribution in [0, 0.1) is 0 Å². The van der Waals surface area contributed by atoms with Crippen LogP contribution in [-0.4, -0.2) is 73.2 Å². The highest BCUT2D eigenvalue weighted by Crippen LogP contribution is 2.45.